The Morgan fingerprint density at radius 1 is 1.31 bits per heavy atom. The van der Waals surface area contributed by atoms with E-state index in [1.54, 1.807) is 25.1 Å². The number of nitro benzene ring substituents is 1. The van der Waals surface area contributed by atoms with Crippen LogP contribution in [0.2, 0.25) is 5.02 Å². The SMILES string of the molecule is CCn1c(SCC(=O)Nc2cc([N+](=O)[O-])ccc2C)nnc1[C@@H](C)Oc1ccccc1Cl. The number of ether oxygens (including phenoxy) is 1. The number of thioether (sulfide) groups is 1. The van der Waals surface area contributed by atoms with Crippen molar-refractivity contribution < 1.29 is 14.5 Å². The number of hydrogen-bond donors (Lipinski definition) is 1. The summed E-state index contributed by atoms with van der Waals surface area (Å²) in [6.07, 6.45) is -0.405. The molecule has 1 aromatic heterocycles. The number of nitrogens with one attached hydrogen (secondary N) is 1. The molecule has 3 rings (SSSR count). The number of anilines is 1. The molecule has 2 aromatic carbocycles. The molecule has 0 fully saturated rings. The van der Waals surface area contributed by atoms with Crippen LogP contribution in [0.3, 0.4) is 0 Å². The van der Waals surface area contributed by atoms with E-state index >= 15 is 0 Å². The molecular formula is C21H22ClN5O4S. The zero-order chi connectivity index (χ0) is 23.3. The lowest BCUT2D eigenvalue weighted by Crippen LogP contribution is -2.16. The van der Waals surface area contributed by atoms with Gasteiger partial charge in [-0.1, -0.05) is 41.6 Å². The van der Waals surface area contributed by atoms with Gasteiger partial charge in [-0.3, -0.25) is 14.9 Å². The summed E-state index contributed by atoms with van der Waals surface area (Å²) >= 11 is 7.39. The highest BCUT2D eigenvalue weighted by Gasteiger charge is 2.20. The van der Waals surface area contributed by atoms with Crippen LogP contribution in [-0.4, -0.2) is 31.3 Å². The van der Waals surface area contributed by atoms with Crippen molar-refractivity contribution in [2.75, 3.05) is 11.1 Å². The minimum atomic E-state index is -0.499. The summed E-state index contributed by atoms with van der Waals surface area (Å²) in [6, 6.07) is 11.5. The van der Waals surface area contributed by atoms with E-state index in [-0.39, 0.29) is 17.3 Å². The first kappa shape index (κ1) is 23.6. The summed E-state index contributed by atoms with van der Waals surface area (Å²) in [7, 11) is 0. The first-order valence-electron chi connectivity index (χ1n) is 9.82. The van der Waals surface area contributed by atoms with E-state index in [0.717, 1.165) is 5.56 Å². The quantitative estimate of drug-likeness (QED) is 0.262. The molecule has 0 saturated carbocycles. The van der Waals surface area contributed by atoms with Gasteiger partial charge in [-0.25, -0.2) is 0 Å². The van der Waals surface area contributed by atoms with Crippen molar-refractivity contribution in [2.45, 2.75) is 38.6 Å². The molecule has 0 saturated heterocycles. The molecular weight excluding hydrogens is 454 g/mol. The fourth-order valence-corrected chi connectivity index (χ4v) is 3.95. The standard InChI is InChI=1S/C21H22ClN5O4S/c1-4-26-20(14(3)31-18-8-6-5-7-16(18)22)24-25-21(26)32-12-19(28)23-17-11-15(27(29)30)10-9-13(17)2/h5-11,14H,4,12H2,1-3H3,(H,23,28)/t14-/m1/s1. The summed E-state index contributed by atoms with van der Waals surface area (Å²) in [6.45, 7) is 6.16. The number of hydrogen-bond acceptors (Lipinski definition) is 7. The smallest absolute Gasteiger partial charge is 0.271 e. The van der Waals surface area contributed by atoms with E-state index in [9.17, 15) is 14.9 Å². The Morgan fingerprint density at radius 2 is 2.06 bits per heavy atom. The summed E-state index contributed by atoms with van der Waals surface area (Å²) in [4.78, 5) is 22.9. The van der Waals surface area contributed by atoms with Crippen molar-refractivity contribution in [3.63, 3.8) is 0 Å². The molecule has 11 heteroatoms. The van der Waals surface area contributed by atoms with E-state index in [2.05, 4.69) is 15.5 Å². The van der Waals surface area contributed by atoms with Gasteiger partial charge in [0.05, 0.1) is 21.4 Å². The zero-order valence-corrected chi connectivity index (χ0v) is 19.3. The Kier molecular flexibility index (Phi) is 7.70. The molecule has 0 radical (unpaired) electrons. The normalized spacial score (nSPS) is 11.8. The average molecular weight is 476 g/mol. The molecule has 3 aromatic rings. The molecule has 32 heavy (non-hydrogen) atoms. The van der Waals surface area contributed by atoms with E-state index in [1.165, 1.54) is 23.9 Å². The molecule has 1 heterocycles. The van der Waals surface area contributed by atoms with E-state index in [4.69, 9.17) is 16.3 Å². The Labute approximate surface area is 194 Å². The summed E-state index contributed by atoms with van der Waals surface area (Å²) in [5.41, 5.74) is 1.06. The molecule has 168 valence electrons. The van der Waals surface area contributed by atoms with Crippen molar-refractivity contribution in [1.29, 1.82) is 0 Å². The fourth-order valence-electron chi connectivity index (χ4n) is 2.96. The van der Waals surface area contributed by atoms with Crippen LogP contribution in [0, 0.1) is 17.0 Å². The largest absolute Gasteiger partial charge is 0.481 e. The molecule has 1 amide bonds. The van der Waals surface area contributed by atoms with Crippen LogP contribution in [0.4, 0.5) is 11.4 Å². The van der Waals surface area contributed by atoms with Crippen molar-refractivity contribution >= 4 is 40.6 Å². The third-order valence-corrected chi connectivity index (χ3v) is 5.88. The summed E-state index contributed by atoms with van der Waals surface area (Å²) in [5.74, 6) is 0.935. The summed E-state index contributed by atoms with van der Waals surface area (Å²) in [5, 5.41) is 23.2. The number of non-ortho nitro benzene ring substituents is 1. The molecule has 0 aliphatic rings. The van der Waals surface area contributed by atoms with Crippen molar-refractivity contribution in [1.82, 2.24) is 14.8 Å². The number of carbonyl (C=O) groups excluding carboxylic acids is 1. The van der Waals surface area contributed by atoms with Crippen molar-refractivity contribution in [3.05, 3.63) is 69.0 Å². The Morgan fingerprint density at radius 3 is 2.75 bits per heavy atom. The molecule has 0 aliphatic carbocycles. The maximum absolute atomic E-state index is 12.4. The predicted molar refractivity (Wildman–Crippen MR) is 123 cm³/mol. The number of amides is 1. The number of para-hydroxylation sites is 1. The lowest BCUT2D eigenvalue weighted by molar-refractivity contribution is -0.384. The third-order valence-electron chi connectivity index (χ3n) is 4.60. The lowest BCUT2D eigenvalue weighted by atomic mass is 10.2. The van der Waals surface area contributed by atoms with Gasteiger partial charge < -0.3 is 14.6 Å². The number of rotatable bonds is 9. The van der Waals surface area contributed by atoms with Crippen LogP contribution in [0.15, 0.2) is 47.6 Å². The maximum atomic E-state index is 12.4. The number of benzene rings is 2. The van der Waals surface area contributed by atoms with Gasteiger partial charge in [0.15, 0.2) is 17.1 Å². The molecule has 0 spiro atoms. The Hall–Kier alpha value is -3.11. The molecule has 9 nitrogen and oxygen atoms in total. The van der Waals surface area contributed by atoms with Gasteiger partial charge in [-0.05, 0) is 38.5 Å². The van der Waals surface area contributed by atoms with Gasteiger partial charge in [0, 0.05) is 18.7 Å². The Bertz CT molecular complexity index is 1140. The van der Waals surface area contributed by atoms with Gasteiger partial charge >= 0.3 is 0 Å². The molecule has 0 unspecified atom stereocenters. The van der Waals surface area contributed by atoms with Crippen LogP contribution in [0.1, 0.15) is 31.3 Å². The van der Waals surface area contributed by atoms with Gasteiger partial charge in [0.1, 0.15) is 5.75 Å². The number of aromatic nitrogens is 3. The average Bonchev–Trinajstić information content (AvgIpc) is 3.18. The number of nitro groups is 1. The first-order chi connectivity index (χ1) is 15.3. The van der Waals surface area contributed by atoms with Crippen molar-refractivity contribution in [2.24, 2.45) is 0 Å². The highest BCUT2D eigenvalue weighted by Crippen LogP contribution is 2.29. The Balaban J connectivity index is 1.66. The van der Waals surface area contributed by atoms with Gasteiger partial charge in [-0.15, -0.1) is 10.2 Å². The van der Waals surface area contributed by atoms with Gasteiger partial charge in [0.25, 0.3) is 5.69 Å². The number of nitrogens with zero attached hydrogens (tertiary/aromatic N) is 4. The van der Waals surface area contributed by atoms with E-state index < -0.39 is 11.0 Å². The highest BCUT2D eigenvalue weighted by molar-refractivity contribution is 7.99. The van der Waals surface area contributed by atoms with Crippen LogP contribution < -0.4 is 10.1 Å². The minimum absolute atomic E-state index is 0.0695. The summed E-state index contributed by atoms with van der Waals surface area (Å²) < 4.78 is 7.81. The minimum Gasteiger partial charge on any atom is -0.481 e. The number of aryl methyl sites for hydroxylation is 1. The van der Waals surface area contributed by atoms with E-state index in [0.29, 0.717) is 34.0 Å². The topological polar surface area (TPSA) is 112 Å². The van der Waals surface area contributed by atoms with E-state index in [1.807, 2.05) is 30.5 Å². The van der Waals surface area contributed by atoms with Crippen LogP contribution in [0.25, 0.3) is 0 Å². The van der Waals surface area contributed by atoms with Gasteiger partial charge in [-0.2, -0.15) is 0 Å². The highest BCUT2D eigenvalue weighted by atomic mass is 35.5. The second kappa shape index (κ2) is 10.5. The third kappa shape index (κ3) is 5.57. The maximum Gasteiger partial charge on any atom is 0.271 e. The lowest BCUT2D eigenvalue weighted by Gasteiger charge is -2.16. The van der Waals surface area contributed by atoms with Crippen LogP contribution >= 0.6 is 23.4 Å². The monoisotopic (exact) mass is 475 g/mol. The zero-order valence-electron chi connectivity index (χ0n) is 17.7. The number of halogens is 1. The predicted octanol–water partition coefficient (Wildman–Crippen LogP) is 5.04. The van der Waals surface area contributed by atoms with Crippen LogP contribution in [0.5, 0.6) is 5.75 Å². The molecule has 1 atom stereocenters. The van der Waals surface area contributed by atoms with Gasteiger partial charge in [0.2, 0.25) is 5.91 Å². The second-order valence-electron chi connectivity index (χ2n) is 6.87. The van der Waals surface area contributed by atoms with Crippen LogP contribution in [-0.2, 0) is 11.3 Å². The molecule has 1 N–H and O–H groups in total. The first-order valence-corrected chi connectivity index (χ1v) is 11.2. The number of carbonyl (C=O) groups is 1. The van der Waals surface area contributed by atoms with Crippen molar-refractivity contribution in [3.8, 4) is 5.75 Å². The molecule has 0 bridgehead atoms. The second-order valence-corrected chi connectivity index (χ2v) is 8.22. The fraction of sp³-hybridized carbons (Fsp3) is 0.286. The molecule has 0 aliphatic heterocycles.